The van der Waals surface area contributed by atoms with Gasteiger partial charge in [-0.05, 0) is 139 Å². The minimum Gasteiger partial charge on any atom is -0.508 e. The second-order valence-corrected chi connectivity index (χ2v) is 28.5. The Hall–Kier alpha value is -10.1. The van der Waals surface area contributed by atoms with E-state index in [0.717, 1.165) is 33.2 Å². The highest BCUT2D eigenvalue weighted by Crippen LogP contribution is 2.24. The van der Waals surface area contributed by atoms with Crippen LogP contribution in [0.15, 0.2) is 109 Å². The number of nitrogens with one attached hydrogen (secondary N) is 9. The average Bonchev–Trinajstić information content (AvgIpc) is 1.80. The molecule has 568 valence electrons. The molecule has 1 unspecified atom stereocenters. The Morgan fingerprint density at radius 2 is 1.10 bits per heavy atom. The number of pyridine rings is 1. The Bertz CT molecular complexity index is 3830. The third-order valence-corrected chi connectivity index (χ3v) is 18.1. The maximum atomic E-state index is 15.0. The van der Waals surface area contributed by atoms with Crippen LogP contribution in [0.1, 0.15) is 128 Å². The van der Waals surface area contributed by atoms with Gasteiger partial charge in [0.05, 0.1) is 13.0 Å². The fraction of sp³-hybridized carbons (Fsp3) is 0.487. The van der Waals surface area contributed by atoms with E-state index in [-0.39, 0.29) is 69.2 Å². The van der Waals surface area contributed by atoms with Crippen LogP contribution in [0.25, 0.3) is 10.8 Å². The second-order valence-electron chi connectivity index (χ2n) is 28.1. The van der Waals surface area contributed by atoms with E-state index in [1.54, 1.807) is 50.2 Å². The number of rotatable bonds is 40. The number of benzene rings is 4. The highest BCUT2D eigenvalue weighted by molar-refractivity contribution is 6.30. The van der Waals surface area contributed by atoms with E-state index in [4.69, 9.17) is 23.1 Å². The molecule has 10 atom stereocenters. The Morgan fingerprint density at radius 3 is 1.67 bits per heavy atom. The normalized spacial score (nSPS) is 15.4. The summed E-state index contributed by atoms with van der Waals surface area (Å²) in [6, 6.07) is 13.2. The van der Waals surface area contributed by atoms with Crippen molar-refractivity contribution in [2.24, 2.45) is 23.3 Å². The minimum absolute atomic E-state index is 0.0245. The standard InChI is InChI=1S/C76H103ClN14O14/c1-43(2)32-50-17-23-53-24-18-51(35-54(53)34-50)37-59(83-47(8)93)69(98)86-60(36-48-19-25-55(77)26-20-48)70(99)87-61(38-52-14-12-29-80-41-52)71(100)89-63(42-92)75(104)90(9)65(39-49-21-27-56(94)28-22-49)74(103)88-62(40-66(78)95)72(101)85-58(33-44(3)4)68(97)84-57(15-10-11-30-81-45(5)6)76(105)91-31-13-16-64(91)73(102)82-46(7)67(79)96/h12,14,17-29,34-35,41,43-46,57-65,81,92,94H,10-11,13,15-16,30-33,36-40,42H2,1-9H3,(H2,78,95)(H2,79,96)(H,82,102)(H,83,93)(H,84,97)(H,85,101)(H,86,98)(H,87,99)(H,88,103)(H,89,100)/t46-,57+,58+,59-,60?,61-,62-,63+,64+,65+/m1/s1. The highest BCUT2D eigenvalue weighted by Gasteiger charge is 2.41. The molecule has 0 radical (unpaired) electrons. The fourth-order valence-corrected chi connectivity index (χ4v) is 12.5. The van der Waals surface area contributed by atoms with Gasteiger partial charge >= 0.3 is 0 Å². The lowest BCUT2D eigenvalue weighted by Crippen LogP contribution is -2.62. The molecule has 105 heavy (non-hydrogen) atoms. The topological polar surface area (TPSA) is 425 Å². The first kappa shape index (κ1) is 83.9. The van der Waals surface area contributed by atoms with Gasteiger partial charge in [-0.1, -0.05) is 120 Å². The number of carbonyl (C=O) groups is 12. The zero-order chi connectivity index (χ0) is 77.2. The minimum atomic E-state index is -1.85. The number of carbonyl (C=O) groups excluding carboxylic acids is 12. The first-order chi connectivity index (χ1) is 49.8. The van der Waals surface area contributed by atoms with Gasteiger partial charge in [-0.3, -0.25) is 62.5 Å². The number of aliphatic hydroxyl groups is 1. The molecule has 4 aromatic carbocycles. The van der Waals surface area contributed by atoms with Crippen LogP contribution < -0.4 is 59.3 Å². The van der Waals surface area contributed by atoms with Crippen LogP contribution in [-0.4, -0.2) is 189 Å². The molecule has 5 aromatic rings. The zero-order valence-electron chi connectivity index (χ0n) is 61.2. The molecule has 29 heteroatoms. The molecule has 12 amide bonds. The lowest BCUT2D eigenvalue weighted by atomic mass is 9.96. The monoisotopic (exact) mass is 1470 g/mol. The third kappa shape index (κ3) is 26.9. The molecule has 0 aliphatic carbocycles. The van der Waals surface area contributed by atoms with Crippen LogP contribution in [-0.2, 0) is 89.6 Å². The summed E-state index contributed by atoms with van der Waals surface area (Å²) in [6.07, 6.45) is 4.08. The van der Waals surface area contributed by atoms with Crippen LogP contribution in [0.2, 0.25) is 5.02 Å². The van der Waals surface area contributed by atoms with Crippen LogP contribution in [0, 0.1) is 11.8 Å². The number of phenols is 1. The first-order valence-electron chi connectivity index (χ1n) is 35.6. The van der Waals surface area contributed by atoms with Gasteiger partial charge in [0.1, 0.15) is 66.2 Å². The van der Waals surface area contributed by atoms with Crippen LogP contribution in [0.5, 0.6) is 5.75 Å². The summed E-state index contributed by atoms with van der Waals surface area (Å²) in [7, 11) is 1.18. The van der Waals surface area contributed by atoms with Gasteiger partial charge in [0.25, 0.3) is 0 Å². The third-order valence-electron chi connectivity index (χ3n) is 17.9. The summed E-state index contributed by atoms with van der Waals surface area (Å²) < 4.78 is 0. The Labute approximate surface area is 617 Å². The van der Waals surface area contributed by atoms with Crippen molar-refractivity contribution in [3.05, 3.63) is 142 Å². The van der Waals surface area contributed by atoms with Crippen molar-refractivity contribution in [3.8, 4) is 5.75 Å². The van der Waals surface area contributed by atoms with Gasteiger partial charge in [-0.15, -0.1) is 0 Å². The molecule has 28 nitrogen and oxygen atoms in total. The summed E-state index contributed by atoms with van der Waals surface area (Å²) in [5, 5.41) is 48.2. The van der Waals surface area contributed by atoms with E-state index in [2.05, 4.69) is 78.8 Å². The molecule has 2 heterocycles. The van der Waals surface area contributed by atoms with Gasteiger partial charge in [0, 0.05) is 69.7 Å². The van der Waals surface area contributed by atoms with Crippen molar-refractivity contribution in [2.75, 3.05) is 26.7 Å². The van der Waals surface area contributed by atoms with E-state index in [1.807, 2.05) is 38.1 Å². The van der Waals surface area contributed by atoms with Gasteiger partial charge in [0.15, 0.2) is 0 Å². The number of likely N-dealkylation sites (N-methyl/N-ethyl adjacent to an activating group) is 1. The number of amides is 12. The summed E-state index contributed by atoms with van der Waals surface area (Å²) in [5.41, 5.74) is 14.3. The van der Waals surface area contributed by atoms with Crippen LogP contribution >= 0.6 is 11.6 Å². The Balaban J connectivity index is 1.25. The molecule has 1 aromatic heterocycles. The van der Waals surface area contributed by atoms with Crippen LogP contribution in [0.4, 0.5) is 0 Å². The summed E-state index contributed by atoms with van der Waals surface area (Å²) in [6.45, 7) is 14.1. The quantitative estimate of drug-likeness (QED) is 0.0250. The van der Waals surface area contributed by atoms with E-state index >= 15 is 0 Å². The van der Waals surface area contributed by atoms with Gasteiger partial charge < -0.3 is 79.3 Å². The Morgan fingerprint density at radius 1 is 0.581 bits per heavy atom. The average molecular weight is 1470 g/mol. The maximum absolute atomic E-state index is 15.0. The van der Waals surface area contributed by atoms with Crippen molar-refractivity contribution in [1.29, 1.82) is 0 Å². The largest absolute Gasteiger partial charge is 0.508 e. The number of unbranched alkanes of at least 4 members (excludes halogenated alkanes) is 1. The van der Waals surface area contributed by atoms with Crippen molar-refractivity contribution < 1.29 is 67.7 Å². The van der Waals surface area contributed by atoms with Crippen molar-refractivity contribution in [1.82, 2.24) is 62.6 Å². The molecule has 6 rings (SSSR count). The molecule has 0 saturated carbocycles. The number of aromatic nitrogens is 1. The molecule has 1 fully saturated rings. The van der Waals surface area contributed by atoms with E-state index < -0.39 is 144 Å². The van der Waals surface area contributed by atoms with Crippen molar-refractivity contribution >= 4 is 93.3 Å². The number of likely N-dealkylation sites (tertiary alicyclic amines) is 1. The number of phenolic OH excluding ortho intramolecular Hbond substituents is 1. The molecule has 1 saturated heterocycles. The number of hydrogen-bond donors (Lipinski definition) is 13. The van der Waals surface area contributed by atoms with Gasteiger partial charge in [-0.25, -0.2) is 0 Å². The number of halogens is 1. The van der Waals surface area contributed by atoms with Crippen molar-refractivity contribution in [3.63, 3.8) is 0 Å². The van der Waals surface area contributed by atoms with Gasteiger partial charge in [-0.2, -0.15) is 0 Å². The molecule has 0 spiro atoms. The maximum Gasteiger partial charge on any atom is 0.247 e. The lowest BCUT2D eigenvalue weighted by molar-refractivity contribution is -0.144. The number of nitrogens with zero attached hydrogens (tertiary/aromatic N) is 3. The molecule has 15 N–H and O–H groups in total. The number of primary amides is 2. The zero-order valence-corrected chi connectivity index (χ0v) is 61.9. The lowest BCUT2D eigenvalue weighted by Gasteiger charge is -2.32. The summed E-state index contributed by atoms with van der Waals surface area (Å²) in [5.74, 6) is -10.2. The Kier molecular flexibility index (Phi) is 32.6. The molecule has 0 bridgehead atoms. The van der Waals surface area contributed by atoms with Crippen LogP contribution in [0.3, 0.4) is 0 Å². The number of nitrogens with two attached hydrogens (primary N) is 2. The SMILES string of the molecule is CC(=O)N[C@H](Cc1ccc2ccc(CC(C)C)cc2c1)C(=O)NC(Cc1ccc(Cl)cc1)C(=O)N[C@H](Cc1cccnc1)C(=O)N[C@@H](CO)C(=O)N(C)[C@@H](Cc1ccc(O)cc1)C(=O)N[C@H](CC(N)=O)C(=O)N[C@@H](CC(C)C)C(=O)N[C@@H](CCCCNC(C)C)C(=O)N1CCC[C@H]1C(=O)N[C@H](C)C(N)=O. The predicted octanol–water partition coefficient (Wildman–Crippen LogP) is 2.37. The van der Waals surface area contributed by atoms with Gasteiger partial charge in [0.2, 0.25) is 70.9 Å². The summed E-state index contributed by atoms with van der Waals surface area (Å²) >= 11 is 6.26. The smallest absolute Gasteiger partial charge is 0.247 e. The number of aliphatic hydroxyl groups excluding tert-OH is 1. The molecule has 1 aliphatic rings. The highest BCUT2D eigenvalue weighted by atomic mass is 35.5. The molecular weight excluding hydrogens is 1370 g/mol. The molecule has 1 aliphatic heterocycles. The second kappa shape index (κ2) is 40.8. The number of aromatic hydroxyl groups is 1. The number of fused-ring (bicyclic) bond motifs is 1. The predicted molar refractivity (Wildman–Crippen MR) is 396 cm³/mol. The number of hydrogen-bond acceptors (Lipinski definition) is 16. The van der Waals surface area contributed by atoms with E-state index in [0.29, 0.717) is 53.4 Å². The first-order valence-corrected chi connectivity index (χ1v) is 36.0. The van der Waals surface area contributed by atoms with E-state index in [1.165, 1.54) is 62.5 Å². The fourth-order valence-electron chi connectivity index (χ4n) is 12.4. The molecular formula is C76H103ClN14O14. The van der Waals surface area contributed by atoms with Crippen molar-refractivity contribution in [2.45, 2.75) is 199 Å². The summed E-state index contributed by atoms with van der Waals surface area (Å²) in [4.78, 5) is 175. The van der Waals surface area contributed by atoms with E-state index in [9.17, 15) is 67.7 Å².